The van der Waals surface area contributed by atoms with Crippen LogP contribution in [-0.2, 0) is 17.6 Å². The summed E-state index contributed by atoms with van der Waals surface area (Å²) in [5.41, 5.74) is 7.70. The summed E-state index contributed by atoms with van der Waals surface area (Å²) in [6, 6.07) is 16.9. The lowest BCUT2D eigenvalue weighted by molar-refractivity contribution is -0.121. The molecule has 6 nitrogen and oxygen atoms in total. The maximum absolute atomic E-state index is 12.0. The van der Waals surface area contributed by atoms with Gasteiger partial charge in [0, 0.05) is 30.5 Å². The molecule has 3 rings (SSSR count). The third-order valence-corrected chi connectivity index (χ3v) is 4.35. The first kappa shape index (κ1) is 19.4. The second kappa shape index (κ2) is 9.50. The molecule has 0 atom stereocenters. The summed E-state index contributed by atoms with van der Waals surface area (Å²) in [5, 5.41) is 2.89. The van der Waals surface area contributed by atoms with Gasteiger partial charge in [-0.2, -0.15) is 0 Å². The Hall–Kier alpha value is -3.41. The molecule has 2 aromatic carbocycles. The Morgan fingerprint density at radius 3 is 2.64 bits per heavy atom. The quantitative estimate of drug-likeness (QED) is 0.598. The fraction of sp³-hybridized carbons (Fsp3) is 0.227. The highest BCUT2D eigenvalue weighted by Crippen LogP contribution is 2.20. The minimum Gasteiger partial charge on any atom is -0.441 e. The summed E-state index contributed by atoms with van der Waals surface area (Å²) in [5.74, 6) is 0.905. The maximum Gasteiger partial charge on any atom is 0.248 e. The highest BCUT2D eigenvalue weighted by Gasteiger charge is 2.08. The number of nitrogens with zero attached hydrogens (tertiary/aromatic N) is 1. The molecule has 0 radical (unpaired) electrons. The lowest BCUT2D eigenvalue weighted by atomic mass is 10.1. The maximum atomic E-state index is 12.0. The summed E-state index contributed by atoms with van der Waals surface area (Å²) < 4.78 is 5.74. The number of hydrogen-bond acceptors (Lipinski definition) is 4. The third kappa shape index (κ3) is 5.54. The number of aryl methyl sites for hydroxylation is 1. The highest BCUT2D eigenvalue weighted by atomic mass is 16.4. The molecule has 0 bridgehead atoms. The lowest BCUT2D eigenvalue weighted by Gasteiger charge is -2.06. The zero-order chi connectivity index (χ0) is 19.8. The van der Waals surface area contributed by atoms with Gasteiger partial charge in [0.2, 0.25) is 11.8 Å². The number of carbonyl (C=O) groups is 2. The number of nitrogens with one attached hydrogen (secondary N) is 1. The van der Waals surface area contributed by atoms with Gasteiger partial charge < -0.3 is 15.5 Å². The molecule has 0 saturated heterocycles. The van der Waals surface area contributed by atoms with Crippen LogP contribution in [0.15, 0.2) is 65.2 Å². The van der Waals surface area contributed by atoms with Crippen LogP contribution in [0.4, 0.5) is 0 Å². The molecule has 0 fully saturated rings. The van der Waals surface area contributed by atoms with Crippen LogP contribution in [-0.4, -0.2) is 23.3 Å². The van der Waals surface area contributed by atoms with Crippen molar-refractivity contribution in [3.05, 3.63) is 77.8 Å². The minimum atomic E-state index is -0.451. The average molecular weight is 377 g/mol. The first-order valence-electron chi connectivity index (χ1n) is 9.27. The summed E-state index contributed by atoms with van der Waals surface area (Å²) >= 11 is 0. The van der Waals surface area contributed by atoms with Gasteiger partial charge in [-0.1, -0.05) is 42.5 Å². The van der Waals surface area contributed by atoms with E-state index in [1.807, 2.05) is 36.4 Å². The molecule has 0 aliphatic heterocycles. The number of hydrogen-bond donors (Lipinski definition) is 2. The van der Waals surface area contributed by atoms with Gasteiger partial charge in [0.15, 0.2) is 11.7 Å². The van der Waals surface area contributed by atoms with Gasteiger partial charge >= 0.3 is 0 Å². The summed E-state index contributed by atoms with van der Waals surface area (Å²) in [6.45, 7) is 0.512. The van der Waals surface area contributed by atoms with Gasteiger partial charge in [0.1, 0.15) is 0 Å². The molecule has 0 aliphatic carbocycles. The van der Waals surface area contributed by atoms with E-state index in [9.17, 15) is 9.59 Å². The normalized spacial score (nSPS) is 10.6. The number of benzene rings is 2. The predicted molar refractivity (Wildman–Crippen MR) is 107 cm³/mol. The minimum absolute atomic E-state index is 0.0131. The number of rotatable bonds is 9. The molecular formula is C22H23N3O3. The second-order valence-corrected chi connectivity index (χ2v) is 6.50. The molecule has 1 heterocycles. The number of aromatic nitrogens is 1. The van der Waals surface area contributed by atoms with Crippen LogP contribution in [0.25, 0.3) is 11.3 Å². The fourth-order valence-electron chi connectivity index (χ4n) is 2.88. The molecule has 6 heteroatoms. The molecule has 3 aromatic rings. The molecule has 0 unspecified atom stereocenters. The van der Waals surface area contributed by atoms with Crippen molar-refractivity contribution < 1.29 is 14.0 Å². The van der Waals surface area contributed by atoms with Crippen molar-refractivity contribution >= 4 is 11.8 Å². The largest absolute Gasteiger partial charge is 0.441 e. The van der Waals surface area contributed by atoms with E-state index in [0.717, 1.165) is 16.9 Å². The molecule has 1 aromatic heterocycles. The standard InChI is InChI=1S/C22H23N3O3/c23-22(27)18-9-4-6-16(14-18)12-13-24-20(26)10-5-11-21-25-15-19(28-21)17-7-2-1-3-8-17/h1-4,6-9,14-15H,5,10-13H2,(H2,23,27)(H,24,26). The Morgan fingerprint density at radius 1 is 1.04 bits per heavy atom. The van der Waals surface area contributed by atoms with Crippen molar-refractivity contribution in [1.82, 2.24) is 10.3 Å². The van der Waals surface area contributed by atoms with Crippen molar-refractivity contribution in [3.63, 3.8) is 0 Å². The third-order valence-electron chi connectivity index (χ3n) is 4.35. The number of oxazole rings is 1. The van der Waals surface area contributed by atoms with Crippen LogP contribution in [0.5, 0.6) is 0 Å². The van der Waals surface area contributed by atoms with E-state index in [1.54, 1.807) is 24.4 Å². The predicted octanol–water partition coefficient (Wildman–Crippen LogP) is 3.12. The van der Waals surface area contributed by atoms with E-state index in [4.69, 9.17) is 10.2 Å². The molecule has 144 valence electrons. The zero-order valence-electron chi connectivity index (χ0n) is 15.6. The molecule has 3 N–H and O–H groups in total. The van der Waals surface area contributed by atoms with Gasteiger partial charge in [0.25, 0.3) is 0 Å². The van der Waals surface area contributed by atoms with Crippen LogP contribution in [0, 0.1) is 0 Å². The number of amides is 2. The van der Waals surface area contributed by atoms with Crippen molar-refractivity contribution in [1.29, 1.82) is 0 Å². The van der Waals surface area contributed by atoms with Crippen molar-refractivity contribution in [2.75, 3.05) is 6.54 Å². The molecule has 0 spiro atoms. The van der Waals surface area contributed by atoms with Crippen molar-refractivity contribution in [3.8, 4) is 11.3 Å². The second-order valence-electron chi connectivity index (χ2n) is 6.50. The van der Waals surface area contributed by atoms with Crippen LogP contribution in [0.1, 0.15) is 34.7 Å². The van der Waals surface area contributed by atoms with Crippen molar-refractivity contribution in [2.45, 2.75) is 25.7 Å². The number of primary amides is 1. The van der Waals surface area contributed by atoms with Gasteiger partial charge in [-0.15, -0.1) is 0 Å². The monoisotopic (exact) mass is 377 g/mol. The fourth-order valence-corrected chi connectivity index (χ4v) is 2.88. The summed E-state index contributed by atoms with van der Waals surface area (Å²) in [6.07, 6.45) is 4.04. The molecule has 28 heavy (non-hydrogen) atoms. The Balaban J connectivity index is 1.38. The van der Waals surface area contributed by atoms with Gasteiger partial charge in [-0.05, 0) is 30.5 Å². The van der Waals surface area contributed by atoms with E-state index < -0.39 is 5.91 Å². The Morgan fingerprint density at radius 2 is 1.86 bits per heavy atom. The number of carbonyl (C=O) groups excluding carboxylic acids is 2. The first-order valence-corrected chi connectivity index (χ1v) is 9.27. The van der Waals surface area contributed by atoms with E-state index >= 15 is 0 Å². The first-order chi connectivity index (χ1) is 13.6. The van der Waals surface area contributed by atoms with Crippen LogP contribution in [0.3, 0.4) is 0 Å². The smallest absolute Gasteiger partial charge is 0.248 e. The SMILES string of the molecule is NC(=O)c1cccc(CCNC(=O)CCCc2ncc(-c3ccccc3)o2)c1. The van der Waals surface area contributed by atoms with E-state index in [0.29, 0.717) is 43.7 Å². The highest BCUT2D eigenvalue weighted by molar-refractivity contribution is 5.92. The summed E-state index contributed by atoms with van der Waals surface area (Å²) in [4.78, 5) is 27.5. The van der Waals surface area contributed by atoms with Crippen LogP contribution >= 0.6 is 0 Å². The molecular weight excluding hydrogens is 354 g/mol. The Bertz CT molecular complexity index is 935. The molecule has 0 aliphatic rings. The number of nitrogens with two attached hydrogens (primary N) is 1. The van der Waals surface area contributed by atoms with Crippen LogP contribution < -0.4 is 11.1 Å². The zero-order valence-corrected chi connectivity index (χ0v) is 15.6. The van der Waals surface area contributed by atoms with E-state index in [2.05, 4.69) is 10.3 Å². The van der Waals surface area contributed by atoms with Crippen molar-refractivity contribution in [2.24, 2.45) is 5.73 Å². The Labute approximate surface area is 163 Å². The van der Waals surface area contributed by atoms with E-state index in [-0.39, 0.29) is 5.91 Å². The lowest BCUT2D eigenvalue weighted by Crippen LogP contribution is -2.25. The molecule has 0 saturated carbocycles. The Kier molecular flexibility index (Phi) is 6.57. The average Bonchev–Trinajstić information content (AvgIpc) is 3.18. The van der Waals surface area contributed by atoms with Gasteiger partial charge in [-0.3, -0.25) is 9.59 Å². The van der Waals surface area contributed by atoms with Gasteiger partial charge in [0.05, 0.1) is 6.20 Å². The van der Waals surface area contributed by atoms with E-state index in [1.165, 1.54) is 0 Å². The molecule has 2 amide bonds. The van der Waals surface area contributed by atoms with Crippen LogP contribution in [0.2, 0.25) is 0 Å². The van der Waals surface area contributed by atoms with Gasteiger partial charge in [-0.25, -0.2) is 4.98 Å². The topological polar surface area (TPSA) is 98.2 Å². The summed E-state index contributed by atoms with van der Waals surface area (Å²) in [7, 11) is 0.